The molecule has 85 heavy (non-hydrogen) atoms. The summed E-state index contributed by atoms with van der Waals surface area (Å²) in [4.78, 5) is 37.9. The van der Waals surface area contributed by atoms with Crippen LogP contribution in [0.4, 0.5) is 0 Å². The van der Waals surface area contributed by atoms with Gasteiger partial charge in [0.15, 0.2) is 0 Å². The molecule has 0 bridgehead atoms. The first-order chi connectivity index (χ1) is 41.4. The largest absolute Gasteiger partial charge is 0.472 e. The van der Waals surface area contributed by atoms with Crippen molar-refractivity contribution in [1.82, 2.24) is 5.32 Å². The van der Waals surface area contributed by atoms with Crippen molar-refractivity contribution in [2.45, 2.75) is 341 Å². The molecule has 0 spiro atoms. The van der Waals surface area contributed by atoms with Gasteiger partial charge in [-0.15, -0.1) is 0 Å². The molecule has 0 aliphatic carbocycles. The van der Waals surface area contributed by atoms with Gasteiger partial charge in [-0.05, 0) is 102 Å². The van der Waals surface area contributed by atoms with Crippen LogP contribution in [0.2, 0.25) is 0 Å². The zero-order valence-electron chi connectivity index (χ0n) is 56.6. The number of carbonyl (C=O) groups excluding carboxylic acids is 2. The van der Waals surface area contributed by atoms with Crippen molar-refractivity contribution in [3.05, 3.63) is 85.1 Å². The van der Waals surface area contributed by atoms with Crippen LogP contribution in [0.3, 0.4) is 0 Å². The van der Waals surface area contributed by atoms with Gasteiger partial charge >= 0.3 is 13.8 Å². The van der Waals surface area contributed by atoms with E-state index in [4.69, 9.17) is 13.8 Å². The molecule has 3 unspecified atom stereocenters. The minimum atomic E-state index is -4.46. The van der Waals surface area contributed by atoms with Gasteiger partial charge in [-0.2, -0.15) is 0 Å². The third kappa shape index (κ3) is 65.5. The van der Waals surface area contributed by atoms with E-state index in [9.17, 15) is 19.0 Å². The van der Waals surface area contributed by atoms with E-state index in [0.717, 1.165) is 103 Å². The molecular formula is C75H138N2O7P+. The summed E-state index contributed by atoms with van der Waals surface area (Å²) in [5.41, 5.74) is 0. The van der Waals surface area contributed by atoms with Crippen molar-refractivity contribution in [3.63, 3.8) is 0 Å². The number of phosphoric ester groups is 1. The maximum atomic E-state index is 13.6. The van der Waals surface area contributed by atoms with Crippen molar-refractivity contribution in [3.8, 4) is 0 Å². The van der Waals surface area contributed by atoms with Crippen LogP contribution >= 0.6 is 7.82 Å². The quantitative estimate of drug-likeness (QED) is 0.0205. The SMILES string of the molecule is CC/C=C\C/C=C\C/C=C\C/C=C\C/C=C\CCCCCCCCCC(=O)NC(COP(=O)(O)OCC[N+](C)(C)C)C(/C=C/CCCCCCCCCCC)OC(=O)CCCCCCCCCCCCCCCCC/C=C/CCCCCCCC. The number of ether oxygens (including phenoxy) is 1. The normalized spacial score (nSPS) is 14.0. The van der Waals surface area contributed by atoms with Crippen molar-refractivity contribution in [2.24, 2.45) is 0 Å². The molecular weight excluding hydrogens is 1070 g/mol. The highest BCUT2D eigenvalue weighted by atomic mass is 31.2. The minimum absolute atomic E-state index is 0.0357. The van der Waals surface area contributed by atoms with E-state index < -0.39 is 20.0 Å². The lowest BCUT2D eigenvalue weighted by Gasteiger charge is -2.27. The van der Waals surface area contributed by atoms with E-state index in [1.807, 2.05) is 33.3 Å². The van der Waals surface area contributed by atoms with Gasteiger partial charge in [0.05, 0.1) is 33.8 Å². The molecule has 494 valence electrons. The second kappa shape index (κ2) is 64.2. The van der Waals surface area contributed by atoms with Crippen molar-refractivity contribution >= 4 is 19.7 Å². The van der Waals surface area contributed by atoms with Crippen LogP contribution in [0.25, 0.3) is 0 Å². The molecule has 0 rings (SSSR count). The summed E-state index contributed by atoms with van der Waals surface area (Å²) in [6.45, 7) is 6.91. The summed E-state index contributed by atoms with van der Waals surface area (Å²) in [5.74, 6) is -0.511. The molecule has 0 aliphatic heterocycles. The number of phosphoric acid groups is 1. The summed E-state index contributed by atoms with van der Waals surface area (Å²) in [6.07, 6.45) is 86.0. The molecule has 0 radical (unpaired) electrons. The molecule has 0 aliphatic rings. The number of carbonyl (C=O) groups is 2. The Hall–Kier alpha value is -2.81. The molecule has 0 heterocycles. The number of unbranched alkanes of at least 4 members (excludes halogenated alkanes) is 37. The Balaban J connectivity index is 5.02. The van der Waals surface area contributed by atoms with Gasteiger partial charge < -0.3 is 19.4 Å². The van der Waals surface area contributed by atoms with Crippen LogP contribution in [-0.4, -0.2) is 74.3 Å². The summed E-state index contributed by atoms with van der Waals surface area (Å²) < 4.78 is 30.8. The van der Waals surface area contributed by atoms with E-state index in [1.54, 1.807) is 0 Å². The van der Waals surface area contributed by atoms with Crippen LogP contribution in [-0.2, 0) is 27.9 Å². The summed E-state index contributed by atoms with van der Waals surface area (Å²) >= 11 is 0. The molecule has 0 aromatic heterocycles. The van der Waals surface area contributed by atoms with E-state index in [0.29, 0.717) is 17.4 Å². The topological polar surface area (TPSA) is 111 Å². The zero-order chi connectivity index (χ0) is 62.1. The number of nitrogens with zero attached hydrogens (tertiary/aromatic N) is 1. The summed E-state index contributed by atoms with van der Waals surface area (Å²) in [5, 5.41) is 3.06. The lowest BCUT2D eigenvalue weighted by molar-refractivity contribution is -0.870. The molecule has 1 amide bonds. The standard InChI is InChI=1S/C75H137N2O7P/c1-7-10-13-16-19-22-25-27-29-31-33-35-37-38-40-42-44-46-48-50-53-56-59-62-65-68-75(79)84-73(66-63-60-57-54-51-24-21-18-15-12-9-3)72(71-83-85(80,81)82-70-69-77(4,5)6)76-74(78)67-64-61-58-55-52-49-47-45-43-41-39-36-34-32-30-28-26-23-20-17-14-11-8-2/h11,14,20,23,27-30,34,36,41,43,63,66,72-73H,7-10,12-13,15-19,21-22,24-26,31-33,35,37-40,42,44-62,64-65,67-71H2,1-6H3,(H-,76,78,80,81)/p+1/b14-11-,23-20-,29-27+,30-28-,36-34-,43-41-,66-63+. The van der Waals surface area contributed by atoms with Gasteiger partial charge in [0.2, 0.25) is 5.91 Å². The predicted molar refractivity (Wildman–Crippen MR) is 369 cm³/mol. The van der Waals surface area contributed by atoms with E-state index in [2.05, 4.69) is 99.0 Å². The van der Waals surface area contributed by atoms with Crippen molar-refractivity contribution in [1.29, 1.82) is 0 Å². The lowest BCUT2D eigenvalue weighted by Crippen LogP contribution is -2.47. The monoisotopic (exact) mass is 1210 g/mol. The Labute approximate surface area is 526 Å². The number of nitrogens with one attached hydrogen (secondary N) is 1. The van der Waals surface area contributed by atoms with Crippen molar-refractivity contribution < 1.29 is 37.3 Å². The van der Waals surface area contributed by atoms with Gasteiger partial charge in [0.1, 0.15) is 19.3 Å². The van der Waals surface area contributed by atoms with E-state index in [-0.39, 0.29) is 31.5 Å². The number of hydrogen-bond acceptors (Lipinski definition) is 6. The molecule has 0 fully saturated rings. The smallest absolute Gasteiger partial charge is 0.456 e. The average molecular weight is 1210 g/mol. The fourth-order valence-electron chi connectivity index (χ4n) is 10.3. The van der Waals surface area contributed by atoms with Gasteiger partial charge in [0.25, 0.3) is 0 Å². The number of quaternary nitrogens is 1. The van der Waals surface area contributed by atoms with Crippen molar-refractivity contribution in [2.75, 3.05) is 40.9 Å². The number of esters is 1. The summed E-state index contributed by atoms with van der Waals surface area (Å²) in [6, 6.07) is -0.858. The maximum Gasteiger partial charge on any atom is 0.472 e. The number of amides is 1. The van der Waals surface area contributed by atoms with Crippen LogP contribution in [0.5, 0.6) is 0 Å². The third-order valence-corrected chi connectivity index (χ3v) is 16.8. The lowest BCUT2D eigenvalue weighted by atomic mass is 10.0. The molecule has 0 aromatic carbocycles. The molecule has 0 aromatic rings. The zero-order valence-corrected chi connectivity index (χ0v) is 57.5. The average Bonchev–Trinajstić information content (AvgIpc) is 3.62. The minimum Gasteiger partial charge on any atom is -0.456 e. The van der Waals surface area contributed by atoms with Crippen LogP contribution in [0.15, 0.2) is 85.1 Å². The fourth-order valence-corrected chi connectivity index (χ4v) is 11.1. The van der Waals surface area contributed by atoms with Crippen LogP contribution in [0.1, 0.15) is 329 Å². The molecule has 2 N–H and O–H groups in total. The second-order valence-corrected chi connectivity index (χ2v) is 26.8. The van der Waals surface area contributed by atoms with Gasteiger partial charge in [-0.3, -0.25) is 18.6 Å². The van der Waals surface area contributed by atoms with Crippen LogP contribution < -0.4 is 5.32 Å². The highest BCUT2D eigenvalue weighted by Crippen LogP contribution is 2.43. The highest BCUT2D eigenvalue weighted by molar-refractivity contribution is 7.47. The van der Waals surface area contributed by atoms with Gasteiger partial charge in [-0.25, -0.2) is 4.57 Å². The third-order valence-electron chi connectivity index (χ3n) is 15.8. The number of likely N-dealkylation sites (N-methyl/N-ethyl adjacent to an activating group) is 1. The second-order valence-electron chi connectivity index (χ2n) is 25.4. The fraction of sp³-hybridized carbons (Fsp3) is 0.787. The first kappa shape index (κ1) is 82.2. The molecule has 3 atom stereocenters. The first-order valence-electron chi connectivity index (χ1n) is 35.9. The Morgan fingerprint density at radius 3 is 1.14 bits per heavy atom. The van der Waals surface area contributed by atoms with Gasteiger partial charge in [0, 0.05) is 12.8 Å². The maximum absolute atomic E-state index is 13.6. The number of rotatable bonds is 65. The molecule has 0 saturated carbocycles. The highest BCUT2D eigenvalue weighted by Gasteiger charge is 2.30. The van der Waals surface area contributed by atoms with E-state index in [1.165, 1.54) is 193 Å². The Kier molecular flexibility index (Phi) is 62.1. The Bertz CT molecular complexity index is 1730. The molecule has 0 saturated heterocycles. The van der Waals surface area contributed by atoms with Crippen LogP contribution in [0, 0.1) is 0 Å². The first-order valence-corrected chi connectivity index (χ1v) is 37.4. The predicted octanol–water partition coefficient (Wildman–Crippen LogP) is 22.9. The van der Waals surface area contributed by atoms with E-state index >= 15 is 0 Å². The number of allylic oxidation sites excluding steroid dienone is 13. The Morgan fingerprint density at radius 1 is 0.424 bits per heavy atom. The summed E-state index contributed by atoms with van der Waals surface area (Å²) in [7, 11) is 1.49. The molecule has 9 nitrogen and oxygen atoms in total. The van der Waals surface area contributed by atoms with Gasteiger partial charge in [-0.1, -0.05) is 299 Å². The Morgan fingerprint density at radius 2 is 0.753 bits per heavy atom. The number of hydrogen-bond donors (Lipinski definition) is 2. The molecule has 10 heteroatoms.